The Hall–Kier alpha value is -9.62. The zero-order valence-electron chi connectivity index (χ0n) is 69.9. The fourth-order valence-corrected chi connectivity index (χ4v) is 22.5. The molecule has 123 heavy (non-hydrogen) atoms. The summed E-state index contributed by atoms with van der Waals surface area (Å²) >= 11 is 2.80. The zero-order valence-corrected chi connectivity index (χ0v) is 71.5. The standard InChI is InChI=1S/C48H57FN4O9S.C47H54FN3O8S/c1-47(29-44(55)53-46-51-11-19-63-46)39-25-42(62-37-6-7-38(40(49)24-37)34-2-4-35(5-3-34)45(56)57)41(23-36(39)8-9-52-47)61-18-17-60-16-15-59-14-13-58-12-10-50-43(54)30-48-26-31-20-32(27-48)22-33(21-31)28-48;1-46(28-36(52)22-44-50-11-17-60-44)39-24-42(59-37-6-7-38(40(48)23-37)33-2-4-34(5-3-33)45(54)55)41(21-35(39)8-9-51-46)58-16-15-57-14-13-56-12-10-49-43(53)29-47-25-30-18-31(26-47)20-32(19-30)27-47/h2-7,11,19,23-25,31-33,52H,8-10,12-18,20-22,26-30H2,1H3,(H,50,54)(H,56,57)(H,51,53,55);2-7,11,17,21,23-24,30-32,51H,8-10,12-16,18-20,22,25-29H2,1H3,(H,49,53)(H,54,55)/t31?,32?,33?,47-,48?;30?,31?,32?,46-,47?/m11/s1. The van der Waals surface area contributed by atoms with E-state index in [2.05, 4.69) is 36.6 Å². The zero-order chi connectivity index (χ0) is 85.5. The number of nitrogens with zero attached hydrogens (tertiary/aromatic N) is 2. The minimum absolute atomic E-state index is 0.0583. The van der Waals surface area contributed by atoms with Crippen LogP contribution in [0, 0.1) is 58.0 Å². The Morgan fingerprint density at radius 2 is 0.854 bits per heavy atom. The number of Topliss-reactive ketones (excluding diaryl/α,β-unsaturated/α-hetero) is 1. The van der Waals surface area contributed by atoms with Gasteiger partial charge in [0.1, 0.15) is 42.1 Å². The lowest BCUT2D eigenvalue weighted by Crippen LogP contribution is -2.48. The fraction of sp³-hybridized carbons (Fsp3) is 0.495. The molecule has 28 heteroatoms. The van der Waals surface area contributed by atoms with Crippen LogP contribution in [0.3, 0.4) is 0 Å². The number of benzene rings is 6. The lowest BCUT2D eigenvalue weighted by atomic mass is 9.49. The number of fused-ring (bicyclic) bond motifs is 2. The van der Waals surface area contributed by atoms with Crippen LogP contribution in [0.5, 0.6) is 34.5 Å². The third-order valence-corrected chi connectivity index (χ3v) is 27.2. The number of hydrogen-bond donors (Lipinski definition) is 7. The molecule has 0 radical (unpaired) electrons. The second-order valence-electron chi connectivity index (χ2n) is 35.2. The third kappa shape index (κ3) is 23.1. The van der Waals surface area contributed by atoms with Crippen LogP contribution in [0.1, 0.15) is 165 Å². The van der Waals surface area contributed by atoms with E-state index in [9.17, 15) is 39.0 Å². The lowest BCUT2D eigenvalue weighted by Gasteiger charge is -2.56. The Bertz CT molecular complexity index is 4930. The molecule has 8 fully saturated rings. The van der Waals surface area contributed by atoms with Gasteiger partial charge in [-0.05, 0) is 256 Å². The Labute approximate surface area is 724 Å². The normalized spacial score (nSPS) is 23.5. The van der Waals surface area contributed by atoms with E-state index in [4.69, 9.17) is 42.6 Å². The van der Waals surface area contributed by atoms with Gasteiger partial charge >= 0.3 is 11.9 Å². The molecule has 8 bridgehead atoms. The minimum Gasteiger partial charge on any atom is -0.487 e. The number of halogens is 2. The van der Waals surface area contributed by atoms with Gasteiger partial charge in [0.2, 0.25) is 17.7 Å². The molecule has 654 valence electrons. The molecule has 8 aromatic rings. The van der Waals surface area contributed by atoms with Crippen molar-refractivity contribution in [1.29, 1.82) is 0 Å². The summed E-state index contributed by atoms with van der Waals surface area (Å²) in [6.07, 6.45) is 22.3. The van der Waals surface area contributed by atoms with Crippen LogP contribution >= 0.6 is 22.7 Å². The molecule has 18 rings (SSSR count). The number of hydrogen-bond acceptors (Lipinski definition) is 21. The van der Waals surface area contributed by atoms with Crippen molar-refractivity contribution >= 4 is 63.2 Å². The first kappa shape index (κ1) is 88.2. The molecule has 8 aliphatic carbocycles. The van der Waals surface area contributed by atoms with Gasteiger partial charge in [-0.1, -0.05) is 24.3 Å². The van der Waals surface area contributed by atoms with Crippen LogP contribution in [-0.2, 0) is 73.2 Å². The Balaban J connectivity index is 0.000000191. The van der Waals surface area contributed by atoms with E-state index < -0.39 is 34.7 Å². The molecule has 7 N–H and O–H groups in total. The predicted octanol–water partition coefficient (Wildman–Crippen LogP) is 16.1. The first-order chi connectivity index (χ1) is 59.6. The second-order valence-corrected chi connectivity index (χ2v) is 37.1. The maximum atomic E-state index is 15.6. The van der Waals surface area contributed by atoms with Gasteiger partial charge in [0.25, 0.3) is 0 Å². The minimum atomic E-state index is -1.06. The van der Waals surface area contributed by atoms with E-state index in [1.807, 2.05) is 43.5 Å². The number of carboxylic acids is 2. The smallest absolute Gasteiger partial charge is 0.335 e. The summed E-state index contributed by atoms with van der Waals surface area (Å²) in [6.45, 7) is 10.4. The SMILES string of the molecule is C[C@]1(CC(=O)Cc2nccs2)NCCc2cc(OCCOCCOCCNC(=O)CC34CC5CC(CC(C5)C3)C4)c(Oc3ccc(-c4ccc(C(=O)O)cc4)c(F)c3)cc21.C[C@]1(CC(=O)Nc2nccs2)NCCc2cc(OCCOCCOCCOCCNC(=O)CC34CC5CC(CC(C5)C3)C4)c(Oc3ccc(-c4ccc(C(=O)O)cc4)c(F)c3)cc21. The molecule has 2 aromatic heterocycles. The van der Waals surface area contributed by atoms with Crippen LogP contribution in [0.4, 0.5) is 13.9 Å². The quantitative estimate of drug-likeness (QED) is 0.0175. The van der Waals surface area contributed by atoms with E-state index in [1.54, 1.807) is 66.3 Å². The Kier molecular flexibility index (Phi) is 29.1. The van der Waals surface area contributed by atoms with E-state index in [0.29, 0.717) is 155 Å². The number of rotatable bonds is 42. The van der Waals surface area contributed by atoms with Gasteiger partial charge in [0.15, 0.2) is 28.1 Å². The number of ether oxygens (including phenoxy) is 9. The van der Waals surface area contributed by atoms with Gasteiger partial charge in [-0.2, -0.15) is 0 Å². The number of carbonyl (C=O) groups excluding carboxylic acids is 4. The number of nitrogens with one attached hydrogen (secondary N) is 5. The third-order valence-electron chi connectivity index (χ3n) is 25.8. The molecule has 4 heterocycles. The van der Waals surface area contributed by atoms with Crippen molar-refractivity contribution in [1.82, 2.24) is 31.2 Å². The second kappa shape index (κ2) is 40.6. The number of carbonyl (C=O) groups is 6. The van der Waals surface area contributed by atoms with Crippen LogP contribution in [0.2, 0.25) is 0 Å². The van der Waals surface area contributed by atoms with E-state index in [0.717, 1.165) is 62.8 Å². The monoisotopic (exact) mass is 1720 g/mol. The maximum Gasteiger partial charge on any atom is 0.335 e. The number of thiazole rings is 2. The Morgan fingerprint density at radius 1 is 0.455 bits per heavy atom. The topological polar surface area (TPSA) is 312 Å². The first-order valence-electron chi connectivity index (χ1n) is 43.3. The van der Waals surface area contributed by atoms with Gasteiger partial charge in [-0.15, -0.1) is 22.7 Å². The summed E-state index contributed by atoms with van der Waals surface area (Å²) in [5, 5.41) is 39.5. The number of amides is 3. The van der Waals surface area contributed by atoms with Crippen molar-refractivity contribution in [3.05, 3.63) is 182 Å². The molecule has 10 aliphatic rings. The van der Waals surface area contributed by atoms with E-state index in [1.165, 1.54) is 136 Å². The van der Waals surface area contributed by atoms with Gasteiger partial charge in [-0.3, -0.25) is 19.2 Å². The summed E-state index contributed by atoms with van der Waals surface area (Å²) in [5.41, 5.74) is 4.67. The maximum absolute atomic E-state index is 15.6. The number of aromatic carboxylic acids is 2. The molecule has 2 atom stereocenters. The number of aromatic nitrogens is 2. The summed E-state index contributed by atoms with van der Waals surface area (Å²) < 4.78 is 85.0. The average molecular weight is 1730 g/mol. The lowest BCUT2D eigenvalue weighted by molar-refractivity contribution is -0.130. The highest BCUT2D eigenvalue weighted by Crippen LogP contribution is 2.63. The van der Waals surface area contributed by atoms with Crippen LogP contribution in [0.25, 0.3) is 22.3 Å². The summed E-state index contributed by atoms with van der Waals surface area (Å²) in [5.74, 6) is 4.06. The largest absolute Gasteiger partial charge is 0.487 e. The average Bonchev–Trinajstić information content (AvgIpc) is 0.978. The Morgan fingerprint density at radius 3 is 1.24 bits per heavy atom. The highest BCUT2D eigenvalue weighted by atomic mass is 32.1. The van der Waals surface area contributed by atoms with Crippen molar-refractivity contribution in [2.75, 3.05) is 111 Å². The van der Waals surface area contributed by atoms with Crippen molar-refractivity contribution in [3.63, 3.8) is 0 Å². The number of ketones is 1. The highest BCUT2D eigenvalue weighted by Gasteiger charge is 2.53. The molecule has 3 amide bonds. The molecule has 6 aromatic carbocycles. The number of carboxylic acid groups (broad SMARTS) is 2. The highest BCUT2D eigenvalue weighted by molar-refractivity contribution is 7.13. The molecule has 24 nitrogen and oxygen atoms in total. The molecule has 0 unspecified atom stereocenters. The molecule has 8 saturated carbocycles. The van der Waals surface area contributed by atoms with Gasteiger partial charge in [-0.25, -0.2) is 28.3 Å². The van der Waals surface area contributed by atoms with Crippen LogP contribution < -0.4 is 45.5 Å². The predicted molar refractivity (Wildman–Crippen MR) is 461 cm³/mol. The summed E-state index contributed by atoms with van der Waals surface area (Å²) in [6, 6.07) is 28.6. The van der Waals surface area contributed by atoms with Gasteiger partial charge in [0.05, 0.1) is 88.6 Å². The van der Waals surface area contributed by atoms with Crippen molar-refractivity contribution in [2.24, 2.45) is 46.3 Å². The molecular formula is C95H111F2N7O17S2. The van der Waals surface area contributed by atoms with Crippen molar-refractivity contribution in [3.8, 4) is 56.8 Å². The summed E-state index contributed by atoms with van der Waals surface area (Å²) in [4.78, 5) is 83.1. The van der Waals surface area contributed by atoms with E-state index >= 15 is 8.78 Å². The molecule has 0 saturated heterocycles. The van der Waals surface area contributed by atoms with Crippen LogP contribution in [-0.4, -0.2) is 161 Å². The van der Waals surface area contributed by atoms with Gasteiger partial charge in [0, 0.05) is 109 Å². The van der Waals surface area contributed by atoms with E-state index in [-0.39, 0.29) is 103 Å². The van der Waals surface area contributed by atoms with Crippen LogP contribution in [0.15, 0.2) is 132 Å². The molecule has 2 aliphatic heterocycles. The first-order valence-corrected chi connectivity index (χ1v) is 45.1. The molecule has 0 spiro atoms. The van der Waals surface area contributed by atoms with Crippen molar-refractivity contribution in [2.45, 2.75) is 147 Å². The number of anilines is 1. The fourth-order valence-electron chi connectivity index (χ4n) is 21.3. The van der Waals surface area contributed by atoms with Crippen molar-refractivity contribution < 1.29 is 90.4 Å². The molecular weight excluding hydrogens is 1610 g/mol. The summed E-state index contributed by atoms with van der Waals surface area (Å²) in [7, 11) is 0. The van der Waals surface area contributed by atoms with Gasteiger partial charge < -0.3 is 79.4 Å².